The van der Waals surface area contributed by atoms with E-state index in [9.17, 15) is 4.39 Å². The minimum absolute atomic E-state index is 0.219. The van der Waals surface area contributed by atoms with Crippen molar-refractivity contribution in [2.75, 3.05) is 39.3 Å². The maximum atomic E-state index is 13.1. The SMILES string of the molecule is Fc1ccc(CN2CC(N3CCNCC3)C2)cc1Cl. The Morgan fingerprint density at radius 1 is 1.26 bits per heavy atom. The summed E-state index contributed by atoms with van der Waals surface area (Å²) >= 11 is 5.80. The first-order chi connectivity index (χ1) is 9.22. The topological polar surface area (TPSA) is 18.5 Å². The highest BCUT2D eigenvalue weighted by molar-refractivity contribution is 6.30. The van der Waals surface area contributed by atoms with Crippen LogP contribution in [0.4, 0.5) is 4.39 Å². The number of hydrogen-bond acceptors (Lipinski definition) is 3. The van der Waals surface area contributed by atoms with E-state index in [1.165, 1.54) is 6.07 Å². The van der Waals surface area contributed by atoms with Crippen LogP contribution in [0.15, 0.2) is 18.2 Å². The molecule has 0 aliphatic carbocycles. The fourth-order valence-corrected chi connectivity index (χ4v) is 3.05. The normalized spacial score (nSPS) is 22.4. The molecule has 0 unspecified atom stereocenters. The smallest absolute Gasteiger partial charge is 0.141 e. The highest BCUT2D eigenvalue weighted by Crippen LogP contribution is 2.21. The Kier molecular flexibility index (Phi) is 4.03. The molecule has 0 aromatic heterocycles. The molecular formula is C14H19ClFN3. The zero-order valence-electron chi connectivity index (χ0n) is 10.9. The van der Waals surface area contributed by atoms with Gasteiger partial charge in [0.1, 0.15) is 5.82 Å². The van der Waals surface area contributed by atoms with Gasteiger partial charge in [-0.25, -0.2) is 4.39 Å². The highest BCUT2D eigenvalue weighted by Gasteiger charge is 2.31. The van der Waals surface area contributed by atoms with Crippen molar-refractivity contribution in [3.63, 3.8) is 0 Å². The van der Waals surface area contributed by atoms with Gasteiger partial charge in [-0.2, -0.15) is 0 Å². The molecule has 2 heterocycles. The first-order valence-corrected chi connectivity index (χ1v) is 7.21. The van der Waals surface area contributed by atoms with Crippen molar-refractivity contribution >= 4 is 11.6 Å². The van der Waals surface area contributed by atoms with Crippen molar-refractivity contribution in [3.8, 4) is 0 Å². The van der Waals surface area contributed by atoms with Gasteiger partial charge in [0.05, 0.1) is 5.02 Å². The second kappa shape index (κ2) is 5.75. The Balaban J connectivity index is 1.49. The van der Waals surface area contributed by atoms with E-state index in [4.69, 9.17) is 11.6 Å². The fourth-order valence-electron chi connectivity index (χ4n) is 2.85. The Morgan fingerprint density at radius 2 is 2.00 bits per heavy atom. The van der Waals surface area contributed by atoms with Crippen LogP contribution in [0.2, 0.25) is 5.02 Å². The lowest BCUT2D eigenvalue weighted by molar-refractivity contribution is 0.0223. The average Bonchev–Trinajstić information content (AvgIpc) is 2.38. The predicted molar refractivity (Wildman–Crippen MR) is 74.9 cm³/mol. The molecule has 2 aliphatic rings. The Bertz CT molecular complexity index is 442. The van der Waals surface area contributed by atoms with E-state index in [0.29, 0.717) is 6.04 Å². The Morgan fingerprint density at radius 3 is 2.68 bits per heavy atom. The summed E-state index contributed by atoms with van der Waals surface area (Å²) in [6, 6.07) is 5.69. The molecule has 1 aromatic rings. The molecule has 0 saturated carbocycles. The number of rotatable bonds is 3. The van der Waals surface area contributed by atoms with Crippen LogP contribution < -0.4 is 5.32 Å². The molecule has 0 radical (unpaired) electrons. The van der Waals surface area contributed by atoms with Crippen LogP contribution in [0.5, 0.6) is 0 Å². The summed E-state index contributed by atoms with van der Waals surface area (Å²) in [6.07, 6.45) is 0. The van der Waals surface area contributed by atoms with Gasteiger partial charge in [-0.3, -0.25) is 9.80 Å². The molecule has 0 amide bonds. The fraction of sp³-hybridized carbons (Fsp3) is 0.571. The van der Waals surface area contributed by atoms with E-state index in [-0.39, 0.29) is 10.8 Å². The summed E-state index contributed by atoms with van der Waals surface area (Å²) in [5.74, 6) is -0.340. The molecule has 3 nitrogen and oxygen atoms in total. The van der Waals surface area contributed by atoms with Crippen LogP contribution in [0.3, 0.4) is 0 Å². The van der Waals surface area contributed by atoms with Crippen molar-refractivity contribution < 1.29 is 4.39 Å². The molecule has 19 heavy (non-hydrogen) atoms. The summed E-state index contributed by atoms with van der Waals surface area (Å²) in [6.45, 7) is 7.59. The van der Waals surface area contributed by atoms with Gasteiger partial charge in [0.15, 0.2) is 0 Å². The standard InChI is InChI=1S/C14H19ClFN3/c15-13-7-11(1-2-14(13)16)8-18-9-12(10-18)19-5-3-17-4-6-19/h1-2,7,12,17H,3-6,8-10H2. The first-order valence-electron chi connectivity index (χ1n) is 6.83. The number of piperazine rings is 1. The van der Waals surface area contributed by atoms with Crippen LogP contribution in [0.1, 0.15) is 5.56 Å². The van der Waals surface area contributed by atoms with Crippen molar-refractivity contribution in [1.29, 1.82) is 0 Å². The molecule has 2 saturated heterocycles. The molecule has 2 fully saturated rings. The monoisotopic (exact) mass is 283 g/mol. The number of nitrogens with one attached hydrogen (secondary N) is 1. The van der Waals surface area contributed by atoms with E-state index in [2.05, 4.69) is 15.1 Å². The summed E-state index contributed by atoms with van der Waals surface area (Å²) in [7, 11) is 0. The van der Waals surface area contributed by atoms with Gasteiger partial charge in [0, 0.05) is 51.9 Å². The van der Waals surface area contributed by atoms with Crippen molar-refractivity contribution in [2.24, 2.45) is 0 Å². The Labute approximate surface area is 118 Å². The Hall–Kier alpha value is -0.680. The molecule has 104 valence electrons. The van der Waals surface area contributed by atoms with E-state index >= 15 is 0 Å². The maximum Gasteiger partial charge on any atom is 0.141 e. The van der Waals surface area contributed by atoms with Crippen molar-refractivity contribution in [1.82, 2.24) is 15.1 Å². The number of benzene rings is 1. The molecule has 0 spiro atoms. The van der Waals surface area contributed by atoms with E-state index in [1.807, 2.05) is 6.07 Å². The molecule has 0 atom stereocenters. The van der Waals surface area contributed by atoms with Crippen molar-refractivity contribution in [3.05, 3.63) is 34.6 Å². The van der Waals surface area contributed by atoms with Crippen molar-refractivity contribution in [2.45, 2.75) is 12.6 Å². The van der Waals surface area contributed by atoms with Crippen LogP contribution in [-0.4, -0.2) is 55.1 Å². The number of nitrogens with zero attached hydrogens (tertiary/aromatic N) is 2. The van der Waals surface area contributed by atoms with Crippen LogP contribution in [0.25, 0.3) is 0 Å². The molecular weight excluding hydrogens is 265 g/mol. The lowest BCUT2D eigenvalue weighted by Gasteiger charge is -2.46. The summed E-state index contributed by atoms with van der Waals surface area (Å²) in [4.78, 5) is 4.95. The quantitative estimate of drug-likeness (QED) is 0.908. The first kappa shape index (κ1) is 13.3. The van der Waals surface area contributed by atoms with Gasteiger partial charge in [-0.05, 0) is 17.7 Å². The highest BCUT2D eigenvalue weighted by atomic mass is 35.5. The minimum Gasteiger partial charge on any atom is -0.314 e. The summed E-state index contributed by atoms with van der Waals surface area (Å²) in [5.41, 5.74) is 1.09. The predicted octanol–water partition coefficient (Wildman–Crippen LogP) is 1.57. The number of hydrogen-bond donors (Lipinski definition) is 1. The zero-order valence-corrected chi connectivity index (χ0v) is 11.7. The number of likely N-dealkylation sites (tertiary alicyclic amines) is 1. The third-order valence-electron chi connectivity index (χ3n) is 4.00. The third-order valence-corrected chi connectivity index (χ3v) is 4.29. The second-order valence-corrected chi connectivity index (χ2v) is 5.79. The van der Waals surface area contributed by atoms with Crippen LogP contribution >= 0.6 is 11.6 Å². The molecule has 3 rings (SSSR count). The minimum atomic E-state index is -0.340. The summed E-state index contributed by atoms with van der Waals surface area (Å²) in [5, 5.41) is 3.59. The maximum absolute atomic E-state index is 13.1. The molecule has 1 N–H and O–H groups in total. The van der Waals surface area contributed by atoms with Gasteiger partial charge >= 0.3 is 0 Å². The van der Waals surface area contributed by atoms with Gasteiger partial charge in [0.2, 0.25) is 0 Å². The van der Waals surface area contributed by atoms with E-state index < -0.39 is 0 Å². The largest absolute Gasteiger partial charge is 0.314 e. The van der Waals surface area contributed by atoms with E-state index in [1.54, 1.807) is 6.07 Å². The van der Waals surface area contributed by atoms with Gasteiger partial charge in [0.25, 0.3) is 0 Å². The third kappa shape index (κ3) is 3.08. The molecule has 5 heteroatoms. The second-order valence-electron chi connectivity index (χ2n) is 5.38. The molecule has 1 aromatic carbocycles. The van der Waals surface area contributed by atoms with E-state index in [0.717, 1.165) is 51.4 Å². The lowest BCUT2D eigenvalue weighted by atomic mass is 10.0. The molecule has 2 aliphatic heterocycles. The molecule has 0 bridgehead atoms. The lowest BCUT2D eigenvalue weighted by Crippen LogP contribution is -2.62. The van der Waals surface area contributed by atoms with Crippen LogP contribution in [-0.2, 0) is 6.54 Å². The van der Waals surface area contributed by atoms with Gasteiger partial charge in [-0.1, -0.05) is 17.7 Å². The average molecular weight is 284 g/mol. The van der Waals surface area contributed by atoms with Gasteiger partial charge < -0.3 is 5.32 Å². The zero-order chi connectivity index (χ0) is 13.2. The van der Waals surface area contributed by atoms with Crippen LogP contribution in [0, 0.1) is 5.82 Å². The number of halogens is 2. The van der Waals surface area contributed by atoms with Gasteiger partial charge in [-0.15, -0.1) is 0 Å². The summed E-state index contributed by atoms with van der Waals surface area (Å²) < 4.78 is 13.1.